The number of halogens is 1. The van der Waals surface area contributed by atoms with Crippen molar-refractivity contribution in [3.63, 3.8) is 0 Å². The molecule has 7 heteroatoms. The molecule has 29 heavy (non-hydrogen) atoms. The third-order valence-corrected chi connectivity index (χ3v) is 4.65. The van der Waals surface area contributed by atoms with Crippen molar-refractivity contribution in [1.82, 2.24) is 20.1 Å². The minimum atomic E-state index is -0.313. The number of fused-ring (bicyclic) bond motifs is 1. The van der Waals surface area contributed by atoms with Crippen LogP contribution in [0.2, 0.25) is 0 Å². The number of ether oxygens (including phenoxy) is 1. The summed E-state index contributed by atoms with van der Waals surface area (Å²) >= 11 is 0. The first-order valence-corrected chi connectivity index (χ1v) is 9.06. The van der Waals surface area contributed by atoms with Crippen molar-refractivity contribution in [2.24, 2.45) is 7.05 Å². The fraction of sp³-hybridized carbons (Fsp3) is 0.136. The lowest BCUT2D eigenvalue weighted by Gasteiger charge is -2.08. The van der Waals surface area contributed by atoms with Gasteiger partial charge in [-0.05, 0) is 42.0 Å². The van der Waals surface area contributed by atoms with Crippen LogP contribution in [0, 0.1) is 5.82 Å². The van der Waals surface area contributed by atoms with Crippen LogP contribution in [0.15, 0.2) is 60.7 Å². The van der Waals surface area contributed by atoms with Crippen molar-refractivity contribution < 1.29 is 13.9 Å². The second kappa shape index (κ2) is 7.71. The second-order valence-electron chi connectivity index (χ2n) is 6.55. The average molecular weight is 390 g/mol. The molecule has 1 N–H and O–H groups in total. The number of hydrogen-bond donors (Lipinski definition) is 1. The fourth-order valence-electron chi connectivity index (χ4n) is 3.17. The first-order valence-electron chi connectivity index (χ1n) is 9.06. The monoisotopic (exact) mass is 390 g/mol. The van der Waals surface area contributed by atoms with Crippen molar-refractivity contribution in [1.29, 1.82) is 0 Å². The van der Waals surface area contributed by atoms with Crippen molar-refractivity contribution in [2.45, 2.75) is 6.54 Å². The molecule has 0 atom stereocenters. The van der Waals surface area contributed by atoms with Crippen LogP contribution in [0.4, 0.5) is 4.39 Å². The van der Waals surface area contributed by atoms with Crippen LogP contribution in [0.25, 0.3) is 22.3 Å². The number of nitrogens with one attached hydrogen (secondary N) is 1. The van der Waals surface area contributed by atoms with Crippen LogP contribution in [-0.4, -0.2) is 27.8 Å². The molecule has 2 aromatic carbocycles. The zero-order valence-corrected chi connectivity index (χ0v) is 16.0. The number of amides is 1. The Morgan fingerprint density at radius 2 is 1.86 bits per heavy atom. The predicted molar refractivity (Wildman–Crippen MR) is 108 cm³/mol. The zero-order valence-electron chi connectivity index (χ0n) is 16.0. The molecule has 0 fully saturated rings. The zero-order chi connectivity index (χ0) is 20.4. The summed E-state index contributed by atoms with van der Waals surface area (Å²) in [7, 11) is 3.36. The van der Waals surface area contributed by atoms with Crippen LogP contribution in [-0.2, 0) is 13.6 Å². The van der Waals surface area contributed by atoms with Gasteiger partial charge in [0.05, 0.1) is 18.2 Å². The number of para-hydroxylation sites is 1. The van der Waals surface area contributed by atoms with Crippen molar-refractivity contribution >= 4 is 16.9 Å². The third kappa shape index (κ3) is 3.67. The highest BCUT2D eigenvalue weighted by molar-refractivity contribution is 6.04. The van der Waals surface area contributed by atoms with Crippen molar-refractivity contribution in [3.05, 3.63) is 77.7 Å². The molecule has 0 saturated carbocycles. The highest BCUT2D eigenvalue weighted by Gasteiger charge is 2.18. The second-order valence-corrected chi connectivity index (χ2v) is 6.55. The molecule has 2 aromatic heterocycles. The normalized spacial score (nSPS) is 10.9. The number of nitrogens with zero attached hydrogens (tertiary/aromatic N) is 3. The highest BCUT2D eigenvalue weighted by atomic mass is 19.1. The smallest absolute Gasteiger partial charge is 0.272 e. The molecule has 0 bridgehead atoms. The molecule has 146 valence electrons. The van der Waals surface area contributed by atoms with E-state index in [1.165, 1.54) is 12.1 Å². The number of carbonyl (C=O) groups is 1. The average Bonchev–Trinajstić information content (AvgIpc) is 3.09. The minimum Gasteiger partial charge on any atom is -0.496 e. The molecule has 4 rings (SSSR count). The lowest BCUT2D eigenvalue weighted by molar-refractivity contribution is 0.0946. The van der Waals surface area contributed by atoms with Gasteiger partial charge in [0, 0.05) is 19.2 Å². The van der Waals surface area contributed by atoms with E-state index in [1.54, 1.807) is 31.0 Å². The maximum Gasteiger partial charge on any atom is 0.272 e. The molecular formula is C22H19FN4O2. The number of aromatic nitrogens is 3. The Morgan fingerprint density at radius 1 is 1.10 bits per heavy atom. The van der Waals surface area contributed by atoms with Gasteiger partial charge in [0.25, 0.3) is 5.91 Å². The molecule has 0 aliphatic carbocycles. The van der Waals surface area contributed by atoms with E-state index >= 15 is 0 Å². The highest BCUT2D eigenvalue weighted by Crippen LogP contribution is 2.30. The van der Waals surface area contributed by atoms with E-state index < -0.39 is 0 Å². The minimum absolute atomic E-state index is 0.282. The lowest BCUT2D eigenvalue weighted by Crippen LogP contribution is -2.23. The molecule has 0 aliphatic heterocycles. The summed E-state index contributed by atoms with van der Waals surface area (Å²) < 4.78 is 20.0. The van der Waals surface area contributed by atoms with Gasteiger partial charge in [-0.1, -0.05) is 24.3 Å². The molecular weight excluding hydrogens is 371 g/mol. The van der Waals surface area contributed by atoms with Gasteiger partial charge in [0.15, 0.2) is 11.3 Å². The number of pyridine rings is 1. The van der Waals surface area contributed by atoms with Crippen molar-refractivity contribution in [3.8, 4) is 17.0 Å². The summed E-state index contributed by atoms with van der Waals surface area (Å²) in [5.74, 6) is 0.0956. The van der Waals surface area contributed by atoms with Gasteiger partial charge in [0.2, 0.25) is 0 Å². The van der Waals surface area contributed by atoms with Gasteiger partial charge < -0.3 is 10.1 Å². The fourth-order valence-corrected chi connectivity index (χ4v) is 3.17. The molecule has 0 saturated heterocycles. The Kier molecular flexibility index (Phi) is 4.95. The summed E-state index contributed by atoms with van der Waals surface area (Å²) in [6.07, 6.45) is 0. The topological polar surface area (TPSA) is 69.0 Å². The number of methoxy groups -OCH3 is 1. The maximum atomic E-state index is 13.0. The summed E-state index contributed by atoms with van der Waals surface area (Å²) in [6, 6.07) is 17.3. The summed E-state index contributed by atoms with van der Waals surface area (Å²) in [5, 5.41) is 7.82. The summed E-state index contributed by atoms with van der Waals surface area (Å²) in [5.41, 5.74) is 3.29. The van der Waals surface area contributed by atoms with Crippen LogP contribution in [0.5, 0.6) is 5.75 Å². The Morgan fingerprint density at radius 3 is 2.62 bits per heavy atom. The van der Waals surface area contributed by atoms with E-state index in [1.807, 2.05) is 36.4 Å². The molecule has 1 amide bonds. The largest absolute Gasteiger partial charge is 0.496 e. The first kappa shape index (κ1) is 18.6. The molecule has 2 heterocycles. The Balaban J connectivity index is 1.63. The lowest BCUT2D eigenvalue weighted by atomic mass is 10.1. The third-order valence-electron chi connectivity index (χ3n) is 4.65. The van der Waals surface area contributed by atoms with E-state index in [0.717, 1.165) is 22.6 Å². The van der Waals surface area contributed by atoms with Crippen LogP contribution in [0.1, 0.15) is 16.1 Å². The van der Waals surface area contributed by atoms with Crippen LogP contribution in [0.3, 0.4) is 0 Å². The van der Waals surface area contributed by atoms with E-state index in [2.05, 4.69) is 15.4 Å². The van der Waals surface area contributed by atoms with Gasteiger partial charge >= 0.3 is 0 Å². The van der Waals surface area contributed by atoms with Gasteiger partial charge in [-0.25, -0.2) is 14.1 Å². The van der Waals surface area contributed by atoms with Crippen molar-refractivity contribution in [2.75, 3.05) is 7.11 Å². The number of benzene rings is 2. The number of carbonyl (C=O) groups excluding carboxylic acids is 1. The van der Waals surface area contributed by atoms with Crippen LogP contribution >= 0.6 is 0 Å². The van der Waals surface area contributed by atoms with Gasteiger partial charge in [-0.2, -0.15) is 5.10 Å². The summed E-state index contributed by atoms with van der Waals surface area (Å²) in [4.78, 5) is 17.3. The first-order chi connectivity index (χ1) is 14.1. The SMILES string of the molecule is COc1ccccc1-c1ccc2c(C(=O)NCc3ccc(F)cc3)nn(C)c2n1. The molecule has 6 nitrogen and oxygen atoms in total. The van der Waals surface area contributed by atoms with Gasteiger partial charge in [-0.3, -0.25) is 4.79 Å². The van der Waals surface area contributed by atoms with Crippen LogP contribution < -0.4 is 10.1 Å². The Bertz CT molecular complexity index is 1190. The standard InChI is InChI=1S/C22H19FN4O2/c1-27-21-17(11-12-18(25-21)16-5-3-4-6-19(16)29-2)20(26-27)22(28)24-13-14-7-9-15(23)10-8-14/h3-12H,13H2,1-2H3,(H,24,28). The Labute approximate surface area is 167 Å². The number of aryl methyl sites for hydroxylation is 1. The van der Waals surface area contributed by atoms with Gasteiger partial charge in [0.1, 0.15) is 11.6 Å². The van der Waals surface area contributed by atoms with E-state index in [9.17, 15) is 9.18 Å². The maximum absolute atomic E-state index is 13.0. The van der Waals surface area contributed by atoms with E-state index in [4.69, 9.17) is 4.74 Å². The van der Waals surface area contributed by atoms with Gasteiger partial charge in [-0.15, -0.1) is 0 Å². The molecule has 0 spiro atoms. The van der Waals surface area contributed by atoms with E-state index in [-0.39, 0.29) is 18.3 Å². The molecule has 4 aromatic rings. The summed E-state index contributed by atoms with van der Waals surface area (Å²) in [6.45, 7) is 0.282. The van der Waals surface area contributed by atoms with E-state index in [0.29, 0.717) is 16.7 Å². The molecule has 0 unspecified atom stereocenters. The number of hydrogen-bond acceptors (Lipinski definition) is 4. The molecule has 0 aliphatic rings. The predicted octanol–water partition coefficient (Wildman–Crippen LogP) is 3.71. The number of rotatable bonds is 5. The molecule has 0 radical (unpaired) electrons. The quantitative estimate of drug-likeness (QED) is 0.564. The Hall–Kier alpha value is -3.74.